The van der Waals surface area contributed by atoms with E-state index in [0.717, 1.165) is 17.1 Å². The van der Waals surface area contributed by atoms with E-state index in [0.29, 0.717) is 10.4 Å². The lowest BCUT2D eigenvalue weighted by molar-refractivity contribution is 0.478. The molecule has 18 heavy (non-hydrogen) atoms. The summed E-state index contributed by atoms with van der Waals surface area (Å²) in [6.07, 6.45) is 0. The fourth-order valence-corrected chi connectivity index (χ4v) is 2.34. The molecule has 2 aromatic rings. The number of rotatable bonds is 3. The maximum absolute atomic E-state index is 6.18. The maximum Gasteiger partial charge on any atom is 0.150 e. The summed E-state index contributed by atoms with van der Waals surface area (Å²) in [6, 6.07) is 11.8. The molecule has 0 heterocycles. The van der Waals surface area contributed by atoms with Gasteiger partial charge in [0.05, 0.1) is 5.02 Å². The van der Waals surface area contributed by atoms with Crippen LogP contribution in [-0.2, 0) is 5.33 Å². The Bertz CT molecular complexity index is 566. The van der Waals surface area contributed by atoms with E-state index in [1.54, 1.807) is 0 Å². The zero-order valence-corrected chi connectivity index (χ0v) is 12.7. The van der Waals surface area contributed by atoms with Crippen molar-refractivity contribution in [1.29, 1.82) is 0 Å². The zero-order chi connectivity index (χ0) is 13.1. The highest BCUT2D eigenvalue weighted by molar-refractivity contribution is 9.08. The zero-order valence-electron chi connectivity index (χ0n) is 10.3. The molecule has 2 aromatic carbocycles. The van der Waals surface area contributed by atoms with Crippen LogP contribution in [0, 0.1) is 13.8 Å². The Hall–Kier alpha value is -0.990. The Morgan fingerprint density at radius 2 is 1.89 bits per heavy atom. The lowest BCUT2D eigenvalue weighted by Gasteiger charge is -2.12. The minimum absolute atomic E-state index is 0.630. The molecule has 1 nitrogen and oxygen atoms in total. The third-order valence-corrected chi connectivity index (χ3v) is 3.79. The van der Waals surface area contributed by atoms with Crippen molar-refractivity contribution in [1.82, 2.24) is 0 Å². The molecule has 94 valence electrons. The van der Waals surface area contributed by atoms with E-state index < -0.39 is 0 Å². The van der Waals surface area contributed by atoms with Gasteiger partial charge in [0.2, 0.25) is 0 Å². The quantitative estimate of drug-likeness (QED) is 0.663. The molecule has 0 amide bonds. The molecule has 0 spiro atoms. The molecule has 0 saturated carbocycles. The number of hydrogen-bond acceptors (Lipinski definition) is 1. The van der Waals surface area contributed by atoms with Crippen LogP contribution in [0.2, 0.25) is 5.02 Å². The van der Waals surface area contributed by atoms with Crippen molar-refractivity contribution < 1.29 is 4.74 Å². The van der Waals surface area contributed by atoms with Crippen LogP contribution in [-0.4, -0.2) is 0 Å². The van der Waals surface area contributed by atoms with Crippen LogP contribution >= 0.6 is 27.5 Å². The molecule has 3 heteroatoms. The molecule has 0 radical (unpaired) electrons. The van der Waals surface area contributed by atoms with Gasteiger partial charge in [-0.15, -0.1) is 0 Å². The summed E-state index contributed by atoms with van der Waals surface area (Å²) < 4.78 is 5.91. The van der Waals surface area contributed by atoms with E-state index in [1.807, 2.05) is 30.3 Å². The summed E-state index contributed by atoms with van der Waals surface area (Å²) in [4.78, 5) is 0. The minimum atomic E-state index is 0.630. The first-order valence-electron chi connectivity index (χ1n) is 5.70. The Balaban J connectivity index is 2.36. The third kappa shape index (κ3) is 2.88. The number of ether oxygens (including phenoxy) is 1. The van der Waals surface area contributed by atoms with Gasteiger partial charge in [0, 0.05) is 10.9 Å². The van der Waals surface area contributed by atoms with E-state index in [-0.39, 0.29) is 0 Å². The van der Waals surface area contributed by atoms with E-state index in [4.69, 9.17) is 16.3 Å². The summed E-state index contributed by atoms with van der Waals surface area (Å²) >= 11 is 9.63. The van der Waals surface area contributed by atoms with E-state index >= 15 is 0 Å². The monoisotopic (exact) mass is 324 g/mol. The van der Waals surface area contributed by atoms with Crippen LogP contribution in [0.25, 0.3) is 0 Å². The van der Waals surface area contributed by atoms with Gasteiger partial charge in [-0.05, 0) is 43.2 Å². The first-order chi connectivity index (χ1) is 8.61. The second-order valence-electron chi connectivity index (χ2n) is 4.21. The summed E-state index contributed by atoms with van der Waals surface area (Å²) in [5, 5.41) is 1.35. The van der Waals surface area contributed by atoms with Gasteiger partial charge in [-0.2, -0.15) is 0 Å². The molecule has 0 aliphatic carbocycles. The molecule has 0 saturated heterocycles. The van der Waals surface area contributed by atoms with Crippen molar-refractivity contribution in [2.75, 3.05) is 0 Å². The first kappa shape index (κ1) is 13.4. The molecule has 0 unspecified atom stereocenters. The van der Waals surface area contributed by atoms with Crippen LogP contribution in [0.5, 0.6) is 11.5 Å². The van der Waals surface area contributed by atoms with E-state index in [1.165, 1.54) is 11.1 Å². The Kier molecular flexibility index (Phi) is 4.31. The predicted molar refractivity (Wildman–Crippen MR) is 80.1 cm³/mol. The lowest BCUT2D eigenvalue weighted by Crippen LogP contribution is -1.91. The SMILES string of the molecule is Cc1ccc(Oc2c(Cl)cccc2CBr)cc1C. The highest BCUT2D eigenvalue weighted by atomic mass is 79.9. The molecule has 0 aromatic heterocycles. The topological polar surface area (TPSA) is 9.23 Å². The molecule has 0 aliphatic heterocycles. The lowest BCUT2D eigenvalue weighted by atomic mass is 10.1. The van der Waals surface area contributed by atoms with Gasteiger partial charge in [-0.1, -0.05) is 45.7 Å². The molecule has 0 N–H and O–H groups in total. The van der Waals surface area contributed by atoms with Crippen molar-refractivity contribution >= 4 is 27.5 Å². The first-order valence-corrected chi connectivity index (χ1v) is 7.20. The van der Waals surface area contributed by atoms with Gasteiger partial charge < -0.3 is 4.74 Å². The number of halogens is 2. The maximum atomic E-state index is 6.18. The number of benzene rings is 2. The fourth-order valence-electron chi connectivity index (χ4n) is 1.67. The van der Waals surface area contributed by atoms with Gasteiger partial charge in [-0.3, -0.25) is 0 Å². The molecule has 0 atom stereocenters. The Labute approximate surface area is 121 Å². The molecular weight excluding hydrogens is 312 g/mol. The second-order valence-corrected chi connectivity index (χ2v) is 5.18. The molecular formula is C15H14BrClO. The summed E-state index contributed by atoms with van der Waals surface area (Å²) in [5.74, 6) is 1.53. The van der Waals surface area contributed by atoms with Crippen molar-refractivity contribution in [3.8, 4) is 11.5 Å². The molecule has 0 aliphatic rings. The van der Waals surface area contributed by atoms with Gasteiger partial charge >= 0.3 is 0 Å². The number of aryl methyl sites for hydroxylation is 2. The second kappa shape index (κ2) is 5.77. The predicted octanol–water partition coefficient (Wildman–Crippen LogP) is 5.64. The average molecular weight is 326 g/mol. The number of para-hydroxylation sites is 1. The summed E-state index contributed by atoms with van der Waals surface area (Å²) in [5.41, 5.74) is 3.50. The molecule has 0 fully saturated rings. The van der Waals surface area contributed by atoms with Crippen LogP contribution in [0.4, 0.5) is 0 Å². The summed E-state index contributed by atoms with van der Waals surface area (Å²) in [6.45, 7) is 4.15. The third-order valence-electron chi connectivity index (χ3n) is 2.89. The van der Waals surface area contributed by atoms with Crippen molar-refractivity contribution in [2.24, 2.45) is 0 Å². The van der Waals surface area contributed by atoms with Crippen LogP contribution in [0.1, 0.15) is 16.7 Å². The average Bonchev–Trinajstić information content (AvgIpc) is 2.36. The normalized spacial score (nSPS) is 10.4. The largest absolute Gasteiger partial charge is 0.455 e. The smallest absolute Gasteiger partial charge is 0.150 e. The molecule has 0 bridgehead atoms. The standard InChI is InChI=1S/C15H14BrClO/c1-10-6-7-13(8-11(10)2)18-15-12(9-16)4-3-5-14(15)17/h3-8H,9H2,1-2H3. The van der Waals surface area contributed by atoms with Gasteiger partial charge in [0.15, 0.2) is 0 Å². The van der Waals surface area contributed by atoms with Crippen LogP contribution in [0.15, 0.2) is 36.4 Å². The number of hydrogen-bond donors (Lipinski definition) is 0. The minimum Gasteiger partial charge on any atom is -0.455 e. The highest BCUT2D eigenvalue weighted by Gasteiger charge is 2.09. The van der Waals surface area contributed by atoms with E-state index in [2.05, 4.69) is 35.8 Å². The Morgan fingerprint density at radius 1 is 1.11 bits per heavy atom. The van der Waals surface area contributed by atoms with Crippen molar-refractivity contribution in [3.63, 3.8) is 0 Å². The van der Waals surface area contributed by atoms with Gasteiger partial charge in [0.1, 0.15) is 11.5 Å². The van der Waals surface area contributed by atoms with Crippen molar-refractivity contribution in [3.05, 3.63) is 58.1 Å². The van der Waals surface area contributed by atoms with Crippen molar-refractivity contribution in [2.45, 2.75) is 19.2 Å². The van der Waals surface area contributed by atoms with Crippen LogP contribution in [0.3, 0.4) is 0 Å². The van der Waals surface area contributed by atoms with Crippen LogP contribution < -0.4 is 4.74 Å². The van der Waals surface area contributed by atoms with Gasteiger partial charge in [0.25, 0.3) is 0 Å². The molecule has 2 rings (SSSR count). The number of alkyl halides is 1. The summed E-state index contributed by atoms with van der Waals surface area (Å²) in [7, 11) is 0. The van der Waals surface area contributed by atoms with E-state index in [9.17, 15) is 0 Å². The fraction of sp³-hybridized carbons (Fsp3) is 0.200. The van der Waals surface area contributed by atoms with Gasteiger partial charge in [-0.25, -0.2) is 0 Å². The Morgan fingerprint density at radius 3 is 2.56 bits per heavy atom. The highest BCUT2D eigenvalue weighted by Crippen LogP contribution is 2.34.